The molecule has 1 atom stereocenters. The Morgan fingerprint density at radius 2 is 1.57 bits per heavy atom. The van der Waals surface area contributed by atoms with E-state index in [9.17, 15) is 18.0 Å². The highest BCUT2D eigenvalue weighted by molar-refractivity contribution is 9.10. The Bertz CT molecular complexity index is 643. The van der Waals surface area contributed by atoms with Crippen LogP contribution in [0, 0.1) is 17.5 Å². The zero-order valence-electron chi connectivity index (χ0n) is 10.7. The van der Waals surface area contributed by atoms with Gasteiger partial charge in [-0.15, -0.1) is 0 Å². The minimum atomic E-state index is -0.867. The van der Waals surface area contributed by atoms with Gasteiger partial charge in [-0.3, -0.25) is 4.79 Å². The molecule has 2 aromatic rings. The Morgan fingerprint density at radius 1 is 1.00 bits per heavy atom. The van der Waals surface area contributed by atoms with Gasteiger partial charge in [0.25, 0.3) is 0 Å². The molecule has 1 unspecified atom stereocenters. The van der Waals surface area contributed by atoms with E-state index in [1.54, 1.807) is 12.1 Å². The Balaban J connectivity index is 2.08. The number of benzene rings is 2. The summed E-state index contributed by atoms with van der Waals surface area (Å²) in [5.74, 6) is -2.82. The largest absolute Gasteiger partial charge is 0.320 e. The van der Waals surface area contributed by atoms with E-state index in [4.69, 9.17) is 0 Å². The van der Waals surface area contributed by atoms with E-state index in [2.05, 4.69) is 21.2 Å². The van der Waals surface area contributed by atoms with Crippen molar-refractivity contribution in [1.82, 2.24) is 0 Å². The maximum atomic E-state index is 13.5. The quantitative estimate of drug-likeness (QED) is 0.821. The Hall–Kier alpha value is -1.82. The summed E-state index contributed by atoms with van der Waals surface area (Å²) in [5.41, 5.74) is -0.177. The summed E-state index contributed by atoms with van der Waals surface area (Å²) >= 11 is 3.10. The minimum Gasteiger partial charge on any atom is -0.320 e. The van der Waals surface area contributed by atoms with Gasteiger partial charge in [0.05, 0.1) is 4.83 Å². The smallest absolute Gasteiger partial charge is 0.238 e. The monoisotopic (exact) mass is 357 g/mol. The second-order valence-corrected chi connectivity index (χ2v) is 5.45. The molecule has 110 valence electrons. The number of hydrogen-bond acceptors (Lipinski definition) is 1. The molecular weight excluding hydrogens is 347 g/mol. The van der Waals surface area contributed by atoms with Crippen LogP contribution in [0.25, 0.3) is 0 Å². The predicted molar refractivity (Wildman–Crippen MR) is 77.8 cm³/mol. The van der Waals surface area contributed by atoms with Gasteiger partial charge in [0.2, 0.25) is 5.91 Å². The van der Waals surface area contributed by atoms with Crippen molar-refractivity contribution in [2.75, 3.05) is 5.32 Å². The van der Waals surface area contributed by atoms with Crippen LogP contribution in [0.15, 0.2) is 42.5 Å². The lowest BCUT2D eigenvalue weighted by Crippen LogP contribution is -2.26. The lowest BCUT2D eigenvalue weighted by molar-refractivity contribution is -0.115. The second kappa shape index (κ2) is 6.76. The van der Waals surface area contributed by atoms with Crippen LogP contribution in [-0.2, 0) is 11.2 Å². The first-order valence-electron chi connectivity index (χ1n) is 6.11. The molecule has 0 aliphatic rings. The summed E-state index contributed by atoms with van der Waals surface area (Å²) in [7, 11) is 0. The van der Waals surface area contributed by atoms with Crippen LogP contribution in [-0.4, -0.2) is 10.7 Å². The molecule has 0 aliphatic carbocycles. The van der Waals surface area contributed by atoms with Crippen molar-refractivity contribution in [3.05, 3.63) is 65.5 Å². The van der Waals surface area contributed by atoms with E-state index in [1.807, 2.05) is 0 Å². The molecular formula is C15H11BrF3NO. The Kier molecular flexibility index (Phi) is 5.01. The fraction of sp³-hybridized carbons (Fsp3) is 0.133. The average molecular weight is 358 g/mol. The van der Waals surface area contributed by atoms with Gasteiger partial charge in [-0.25, -0.2) is 13.2 Å². The second-order valence-electron chi connectivity index (χ2n) is 4.35. The number of amides is 1. The maximum absolute atomic E-state index is 13.5. The first kappa shape index (κ1) is 15.6. The molecule has 0 bridgehead atoms. The standard InChI is InChI=1S/C15H11BrF3NO/c16-10(8-9-4-1-2-5-11(9)17)15(21)20-14-12(18)6-3-7-13(14)19/h1-7,10H,8H2,(H,20,21). The van der Waals surface area contributed by atoms with E-state index < -0.39 is 33.9 Å². The van der Waals surface area contributed by atoms with Crippen molar-refractivity contribution in [3.8, 4) is 0 Å². The first-order valence-corrected chi connectivity index (χ1v) is 7.03. The lowest BCUT2D eigenvalue weighted by atomic mass is 10.1. The molecule has 0 aromatic heterocycles. The van der Waals surface area contributed by atoms with E-state index in [1.165, 1.54) is 18.2 Å². The molecule has 0 spiro atoms. The van der Waals surface area contributed by atoms with Gasteiger partial charge in [0.15, 0.2) is 0 Å². The van der Waals surface area contributed by atoms with E-state index >= 15 is 0 Å². The predicted octanol–water partition coefficient (Wildman–Crippen LogP) is 4.05. The number of carbonyl (C=O) groups is 1. The number of hydrogen-bond donors (Lipinski definition) is 1. The van der Waals surface area contributed by atoms with Crippen molar-refractivity contribution >= 4 is 27.5 Å². The number of rotatable bonds is 4. The van der Waals surface area contributed by atoms with Crippen LogP contribution in [0.4, 0.5) is 18.9 Å². The molecule has 2 aromatic carbocycles. The van der Waals surface area contributed by atoms with Gasteiger partial charge in [-0.05, 0) is 30.2 Å². The van der Waals surface area contributed by atoms with Gasteiger partial charge >= 0.3 is 0 Å². The van der Waals surface area contributed by atoms with Crippen molar-refractivity contribution in [2.24, 2.45) is 0 Å². The zero-order valence-corrected chi connectivity index (χ0v) is 12.3. The number of para-hydroxylation sites is 1. The van der Waals surface area contributed by atoms with Crippen molar-refractivity contribution < 1.29 is 18.0 Å². The van der Waals surface area contributed by atoms with Crippen molar-refractivity contribution in [3.63, 3.8) is 0 Å². The summed E-state index contributed by atoms with van der Waals surface area (Å²) in [4.78, 5) is 11.1. The number of alkyl halides is 1. The van der Waals surface area contributed by atoms with Gasteiger partial charge in [0.1, 0.15) is 23.1 Å². The van der Waals surface area contributed by atoms with Crippen molar-refractivity contribution in [2.45, 2.75) is 11.2 Å². The summed E-state index contributed by atoms with van der Waals surface area (Å²) in [5, 5.41) is 2.16. The molecule has 21 heavy (non-hydrogen) atoms. The Labute approximate surface area is 128 Å². The molecule has 0 heterocycles. The molecule has 0 radical (unpaired) electrons. The topological polar surface area (TPSA) is 29.1 Å². The highest BCUT2D eigenvalue weighted by atomic mass is 79.9. The van der Waals surface area contributed by atoms with E-state index in [0.717, 1.165) is 12.1 Å². The molecule has 1 amide bonds. The highest BCUT2D eigenvalue weighted by Crippen LogP contribution is 2.20. The molecule has 2 nitrogen and oxygen atoms in total. The SMILES string of the molecule is O=C(Nc1c(F)cccc1F)C(Br)Cc1ccccc1F. The van der Waals surface area contributed by atoms with Crippen LogP contribution in [0.5, 0.6) is 0 Å². The highest BCUT2D eigenvalue weighted by Gasteiger charge is 2.20. The molecule has 2 rings (SSSR count). The van der Waals surface area contributed by atoms with E-state index in [-0.39, 0.29) is 6.42 Å². The lowest BCUT2D eigenvalue weighted by Gasteiger charge is -2.12. The molecule has 6 heteroatoms. The third-order valence-corrected chi connectivity index (χ3v) is 3.59. The van der Waals surface area contributed by atoms with Crippen LogP contribution < -0.4 is 5.32 Å². The summed E-state index contributed by atoms with van der Waals surface area (Å²) in [6, 6.07) is 9.29. The van der Waals surface area contributed by atoms with Gasteiger partial charge < -0.3 is 5.32 Å². The van der Waals surface area contributed by atoms with Crippen LogP contribution in [0.2, 0.25) is 0 Å². The van der Waals surface area contributed by atoms with Gasteiger partial charge in [-0.2, -0.15) is 0 Å². The molecule has 1 N–H and O–H groups in total. The maximum Gasteiger partial charge on any atom is 0.238 e. The fourth-order valence-electron chi connectivity index (χ4n) is 1.77. The van der Waals surface area contributed by atoms with Crippen molar-refractivity contribution in [1.29, 1.82) is 0 Å². The molecule has 0 saturated heterocycles. The molecule has 0 saturated carbocycles. The number of anilines is 1. The van der Waals surface area contributed by atoms with Gasteiger partial charge in [-0.1, -0.05) is 40.2 Å². The third kappa shape index (κ3) is 3.85. The summed E-state index contributed by atoms with van der Waals surface area (Å²) in [6.07, 6.45) is 0.0641. The van der Waals surface area contributed by atoms with Gasteiger partial charge in [0, 0.05) is 0 Å². The number of halogens is 4. The normalized spacial score (nSPS) is 12.0. The minimum absolute atomic E-state index is 0.0641. The third-order valence-electron chi connectivity index (χ3n) is 2.85. The summed E-state index contributed by atoms with van der Waals surface area (Å²) in [6.45, 7) is 0. The fourth-order valence-corrected chi connectivity index (χ4v) is 2.23. The Morgan fingerprint density at radius 3 is 2.19 bits per heavy atom. The van der Waals surface area contributed by atoms with E-state index in [0.29, 0.717) is 5.56 Å². The summed E-state index contributed by atoms with van der Waals surface area (Å²) < 4.78 is 40.4. The number of nitrogens with one attached hydrogen (secondary N) is 1. The van der Waals surface area contributed by atoms with Crippen LogP contribution in [0.3, 0.4) is 0 Å². The first-order chi connectivity index (χ1) is 9.99. The van der Waals surface area contributed by atoms with Crippen LogP contribution in [0.1, 0.15) is 5.56 Å². The average Bonchev–Trinajstić information content (AvgIpc) is 2.45. The zero-order chi connectivity index (χ0) is 15.4. The number of carbonyl (C=O) groups excluding carboxylic acids is 1. The molecule has 0 fully saturated rings. The molecule has 0 aliphatic heterocycles. The van der Waals surface area contributed by atoms with Crippen LogP contribution >= 0.6 is 15.9 Å².